The highest BCUT2D eigenvalue weighted by Gasteiger charge is 2.27. The molecule has 0 bridgehead atoms. The molecule has 3 rings (SSSR count). The number of methoxy groups -OCH3 is 2. The molecule has 0 unspecified atom stereocenters. The maximum absolute atomic E-state index is 13.4. The van der Waals surface area contributed by atoms with E-state index >= 15 is 0 Å². The van der Waals surface area contributed by atoms with Crippen molar-refractivity contribution in [3.05, 3.63) is 77.9 Å². The Morgan fingerprint density at radius 3 is 2.25 bits per heavy atom. The summed E-state index contributed by atoms with van der Waals surface area (Å²) in [6, 6.07) is 18.3. The predicted molar refractivity (Wildman–Crippen MR) is 125 cm³/mol. The quantitative estimate of drug-likeness (QED) is 0.553. The van der Waals surface area contributed by atoms with Gasteiger partial charge in [0, 0.05) is 6.07 Å². The predicted octanol–water partition coefficient (Wildman–Crippen LogP) is 4.15. The molecule has 0 fully saturated rings. The Labute approximate surface area is 188 Å². The number of sulfonamides is 1. The number of carbonyl (C=O) groups excluding carboxylic acids is 1. The number of hydrogen-bond donors (Lipinski definition) is 1. The molecule has 3 aromatic rings. The highest BCUT2D eigenvalue weighted by atomic mass is 32.2. The summed E-state index contributed by atoms with van der Waals surface area (Å²) in [6.45, 7) is 3.42. The molecule has 0 heterocycles. The van der Waals surface area contributed by atoms with Crippen LogP contribution in [-0.4, -0.2) is 35.1 Å². The lowest BCUT2D eigenvalue weighted by Crippen LogP contribution is -2.38. The van der Waals surface area contributed by atoms with Crippen LogP contribution in [0.15, 0.2) is 71.6 Å². The van der Waals surface area contributed by atoms with Gasteiger partial charge < -0.3 is 14.8 Å². The minimum absolute atomic E-state index is 0.102. The van der Waals surface area contributed by atoms with Crippen molar-refractivity contribution in [1.29, 1.82) is 0 Å². The maximum Gasteiger partial charge on any atom is 0.264 e. The summed E-state index contributed by atoms with van der Waals surface area (Å²) < 4.78 is 38.5. The minimum atomic E-state index is -3.98. The van der Waals surface area contributed by atoms with Crippen LogP contribution in [0, 0.1) is 13.8 Å². The van der Waals surface area contributed by atoms with E-state index in [2.05, 4.69) is 5.32 Å². The molecule has 0 radical (unpaired) electrons. The highest BCUT2D eigenvalue weighted by Crippen LogP contribution is 2.30. The second-order valence-electron chi connectivity index (χ2n) is 7.21. The first-order chi connectivity index (χ1) is 15.3. The second-order valence-corrected chi connectivity index (χ2v) is 9.07. The van der Waals surface area contributed by atoms with Crippen LogP contribution >= 0.6 is 0 Å². The van der Waals surface area contributed by atoms with Crippen LogP contribution in [0.1, 0.15) is 11.1 Å². The molecule has 0 aromatic heterocycles. The SMILES string of the molecule is COc1ccc(OC)c(NC(=O)CN(c2ccc(C)c(C)c2)S(=O)(=O)c2ccccc2)c1. The zero-order valence-corrected chi connectivity index (χ0v) is 19.3. The first-order valence-electron chi connectivity index (χ1n) is 9.93. The van der Waals surface area contributed by atoms with Gasteiger partial charge in [0.15, 0.2) is 0 Å². The van der Waals surface area contributed by atoms with Crippen LogP contribution in [0.25, 0.3) is 0 Å². The molecule has 3 aromatic carbocycles. The summed E-state index contributed by atoms with van der Waals surface area (Å²) in [6.07, 6.45) is 0. The van der Waals surface area contributed by atoms with Crippen molar-refractivity contribution in [2.45, 2.75) is 18.7 Å². The number of rotatable bonds is 8. The van der Waals surface area contributed by atoms with E-state index in [1.54, 1.807) is 48.5 Å². The summed E-state index contributed by atoms with van der Waals surface area (Å²) in [5.74, 6) is 0.445. The van der Waals surface area contributed by atoms with Crippen LogP contribution < -0.4 is 19.1 Å². The van der Waals surface area contributed by atoms with Gasteiger partial charge >= 0.3 is 0 Å². The van der Waals surface area contributed by atoms with Gasteiger partial charge in [0.05, 0.1) is 30.5 Å². The Hall–Kier alpha value is -3.52. The molecule has 168 valence electrons. The van der Waals surface area contributed by atoms with E-state index in [0.29, 0.717) is 22.9 Å². The number of nitrogens with one attached hydrogen (secondary N) is 1. The first kappa shape index (κ1) is 23.1. The highest BCUT2D eigenvalue weighted by molar-refractivity contribution is 7.92. The average molecular weight is 455 g/mol. The standard InChI is InChI=1S/C24H26N2O5S/c1-17-10-11-19(14-18(17)2)26(32(28,29)21-8-6-5-7-9-21)16-24(27)25-22-15-20(30-3)12-13-23(22)31-4/h5-15H,16H2,1-4H3,(H,25,27). The molecule has 0 saturated carbocycles. The fraction of sp³-hybridized carbons (Fsp3) is 0.208. The topological polar surface area (TPSA) is 84.9 Å². The molecule has 8 heteroatoms. The van der Waals surface area contributed by atoms with Crippen molar-refractivity contribution in [2.75, 3.05) is 30.4 Å². The van der Waals surface area contributed by atoms with Crippen LogP contribution in [-0.2, 0) is 14.8 Å². The Morgan fingerprint density at radius 2 is 1.62 bits per heavy atom. The smallest absolute Gasteiger partial charge is 0.264 e. The number of ether oxygens (including phenoxy) is 2. The van der Waals surface area contributed by atoms with Gasteiger partial charge in [0.2, 0.25) is 5.91 Å². The van der Waals surface area contributed by atoms with E-state index < -0.39 is 22.5 Å². The number of benzene rings is 3. The van der Waals surface area contributed by atoms with E-state index in [9.17, 15) is 13.2 Å². The van der Waals surface area contributed by atoms with Crippen LogP contribution in [0.5, 0.6) is 11.5 Å². The number of aryl methyl sites for hydroxylation is 2. The van der Waals surface area contributed by atoms with Crippen molar-refractivity contribution in [2.24, 2.45) is 0 Å². The molecular formula is C24H26N2O5S. The van der Waals surface area contributed by atoms with Gasteiger partial charge in [-0.3, -0.25) is 9.10 Å². The van der Waals surface area contributed by atoms with Crippen LogP contribution in [0.4, 0.5) is 11.4 Å². The largest absolute Gasteiger partial charge is 0.497 e. The summed E-state index contributed by atoms with van der Waals surface area (Å²) >= 11 is 0. The summed E-state index contributed by atoms with van der Waals surface area (Å²) in [5, 5.41) is 2.74. The fourth-order valence-electron chi connectivity index (χ4n) is 3.15. The van der Waals surface area contributed by atoms with Gasteiger partial charge in [-0.2, -0.15) is 0 Å². The molecule has 1 amide bonds. The third-order valence-corrected chi connectivity index (χ3v) is 6.87. The van der Waals surface area contributed by atoms with Crippen molar-refractivity contribution in [3.8, 4) is 11.5 Å². The molecular weight excluding hydrogens is 428 g/mol. The summed E-state index contributed by atoms with van der Waals surface area (Å²) in [7, 11) is -0.983. The van der Waals surface area contributed by atoms with Crippen molar-refractivity contribution in [1.82, 2.24) is 0 Å². The van der Waals surface area contributed by atoms with Crippen molar-refractivity contribution >= 4 is 27.3 Å². The third kappa shape index (κ3) is 5.03. The van der Waals surface area contributed by atoms with Gasteiger partial charge in [0.1, 0.15) is 18.0 Å². The van der Waals surface area contributed by atoms with E-state index in [4.69, 9.17) is 9.47 Å². The second kappa shape index (κ2) is 9.74. The lowest BCUT2D eigenvalue weighted by Gasteiger charge is -2.25. The van der Waals surface area contributed by atoms with Gasteiger partial charge in [-0.15, -0.1) is 0 Å². The lowest BCUT2D eigenvalue weighted by molar-refractivity contribution is -0.114. The zero-order chi connectivity index (χ0) is 23.3. The number of anilines is 2. The normalized spacial score (nSPS) is 11.0. The Bertz CT molecular complexity index is 1210. The Balaban J connectivity index is 1.98. The fourth-order valence-corrected chi connectivity index (χ4v) is 4.58. The van der Waals surface area contributed by atoms with Crippen LogP contribution in [0.2, 0.25) is 0 Å². The van der Waals surface area contributed by atoms with Gasteiger partial charge in [0.25, 0.3) is 10.0 Å². The Kier molecular flexibility index (Phi) is 7.05. The van der Waals surface area contributed by atoms with E-state index in [1.165, 1.54) is 26.4 Å². The lowest BCUT2D eigenvalue weighted by atomic mass is 10.1. The Morgan fingerprint density at radius 1 is 0.906 bits per heavy atom. The molecule has 0 aliphatic carbocycles. The number of carbonyl (C=O) groups is 1. The molecule has 32 heavy (non-hydrogen) atoms. The molecule has 7 nitrogen and oxygen atoms in total. The first-order valence-corrected chi connectivity index (χ1v) is 11.4. The molecule has 0 aliphatic rings. The van der Waals surface area contributed by atoms with E-state index in [0.717, 1.165) is 15.4 Å². The summed E-state index contributed by atoms with van der Waals surface area (Å²) in [4.78, 5) is 13.1. The molecule has 0 atom stereocenters. The van der Waals surface area contributed by atoms with Gasteiger partial charge in [-0.25, -0.2) is 8.42 Å². The monoisotopic (exact) mass is 454 g/mol. The van der Waals surface area contributed by atoms with Crippen molar-refractivity contribution in [3.63, 3.8) is 0 Å². The number of hydrogen-bond acceptors (Lipinski definition) is 5. The number of nitrogens with zero attached hydrogens (tertiary/aromatic N) is 1. The summed E-state index contributed by atoms with van der Waals surface area (Å²) in [5.41, 5.74) is 2.74. The zero-order valence-electron chi connectivity index (χ0n) is 18.5. The van der Waals surface area contributed by atoms with Gasteiger partial charge in [-0.05, 0) is 61.4 Å². The molecule has 0 aliphatic heterocycles. The molecule has 0 saturated heterocycles. The maximum atomic E-state index is 13.4. The molecule has 0 spiro atoms. The van der Waals surface area contributed by atoms with Crippen molar-refractivity contribution < 1.29 is 22.7 Å². The number of amides is 1. The average Bonchev–Trinajstić information content (AvgIpc) is 2.79. The minimum Gasteiger partial charge on any atom is -0.497 e. The van der Waals surface area contributed by atoms with E-state index in [1.807, 2.05) is 19.9 Å². The molecule has 1 N–H and O–H groups in total. The van der Waals surface area contributed by atoms with Crippen LogP contribution in [0.3, 0.4) is 0 Å². The van der Waals surface area contributed by atoms with E-state index in [-0.39, 0.29) is 4.90 Å². The third-order valence-electron chi connectivity index (χ3n) is 5.08. The van der Waals surface area contributed by atoms with Gasteiger partial charge in [-0.1, -0.05) is 24.3 Å².